The van der Waals surface area contributed by atoms with E-state index >= 15 is 0 Å². The van der Waals surface area contributed by atoms with Crippen molar-refractivity contribution in [3.63, 3.8) is 0 Å². The Morgan fingerprint density at radius 1 is 1.08 bits per heavy atom. The first kappa shape index (κ1) is 14.8. The second-order valence-corrected chi connectivity index (χ2v) is 6.00. The molecule has 1 aromatic heterocycles. The number of anilines is 2. The predicted octanol–water partition coefficient (Wildman–Crippen LogP) is 3.16. The topological polar surface area (TPSA) is 62.7 Å². The van der Waals surface area contributed by atoms with E-state index in [2.05, 4.69) is 68.9 Å². The molecule has 0 aliphatic carbocycles. The molecule has 0 saturated carbocycles. The van der Waals surface area contributed by atoms with Crippen molar-refractivity contribution in [2.75, 3.05) is 11.9 Å². The molecule has 5 nitrogen and oxygen atoms in total. The number of aryl methyl sites for hydroxylation is 1. The molecule has 3 aromatic rings. The molecule has 0 radical (unpaired) electrons. The van der Waals surface area contributed by atoms with Gasteiger partial charge in [-0.2, -0.15) is 4.98 Å². The minimum atomic E-state index is 0.0102. The van der Waals surface area contributed by atoms with Gasteiger partial charge in [0.1, 0.15) is 6.33 Å². The molecule has 5 heteroatoms. The standard InChI is InChI=1S/C19H19N5/c1-13-5-4-7-15(11-13)23-19-22-12-21-18(24-19)17-16-8-3-2-6-14(16)9-10-20-17/h2-8,11-12,17,20H,9-10H2,1H3,(H,21,22,23,24). The average Bonchev–Trinajstić information content (AvgIpc) is 2.61. The molecule has 0 spiro atoms. The number of benzene rings is 2. The van der Waals surface area contributed by atoms with Gasteiger partial charge < -0.3 is 10.6 Å². The first-order chi connectivity index (χ1) is 11.8. The third-order valence-electron chi connectivity index (χ3n) is 4.23. The Labute approximate surface area is 141 Å². The number of fused-ring (bicyclic) bond motifs is 1. The molecule has 2 N–H and O–H groups in total. The van der Waals surface area contributed by atoms with Crippen LogP contribution in [0.5, 0.6) is 0 Å². The summed E-state index contributed by atoms with van der Waals surface area (Å²) in [5, 5.41) is 6.77. The van der Waals surface area contributed by atoms with Gasteiger partial charge in [-0.15, -0.1) is 0 Å². The highest BCUT2D eigenvalue weighted by molar-refractivity contribution is 5.54. The van der Waals surface area contributed by atoms with Crippen LogP contribution in [-0.4, -0.2) is 21.5 Å². The van der Waals surface area contributed by atoms with Gasteiger partial charge in [0.2, 0.25) is 5.95 Å². The van der Waals surface area contributed by atoms with E-state index in [1.807, 2.05) is 12.1 Å². The molecule has 1 atom stereocenters. The highest BCUT2D eigenvalue weighted by Crippen LogP contribution is 2.26. The smallest absolute Gasteiger partial charge is 0.230 e. The molecule has 2 aromatic carbocycles. The minimum Gasteiger partial charge on any atom is -0.324 e. The van der Waals surface area contributed by atoms with Crippen molar-refractivity contribution < 1.29 is 0 Å². The molecule has 24 heavy (non-hydrogen) atoms. The van der Waals surface area contributed by atoms with Crippen LogP contribution >= 0.6 is 0 Å². The van der Waals surface area contributed by atoms with E-state index in [4.69, 9.17) is 0 Å². The van der Waals surface area contributed by atoms with Gasteiger partial charge in [-0.25, -0.2) is 9.97 Å². The van der Waals surface area contributed by atoms with Crippen LogP contribution in [0.25, 0.3) is 0 Å². The van der Waals surface area contributed by atoms with Gasteiger partial charge >= 0.3 is 0 Å². The van der Waals surface area contributed by atoms with Crippen LogP contribution in [0, 0.1) is 6.92 Å². The SMILES string of the molecule is Cc1cccc(Nc2ncnc(C3NCCc4ccccc43)n2)c1. The fourth-order valence-corrected chi connectivity index (χ4v) is 3.10. The quantitative estimate of drug-likeness (QED) is 0.777. The first-order valence-electron chi connectivity index (χ1n) is 8.13. The van der Waals surface area contributed by atoms with Crippen LogP contribution in [0.3, 0.4) is 0 Å². The predicted molar refractivity (Wildman–Crippen MR) is 94.3 cm³/mol. The molecular formula is C19H19N5. The Hall–Kier alpha value is -2.79. The van der Waals surface area contributed by atoms with Crippen molar-refractivity contribution >= 4 is 11.6 Å². The summed E-state index contributed by atoms with van der Waals surface area (Å²) in [4.78, 5) is 13.3. The summed E-state index contributed by atoms with van der Waals surface area (Å²) in [6.45, 7) is 2.99. The lowest BCUT2D eigenvalue weighted by molar-refractivity contribution is 0.542. The van der Waals surface area contributed by atoms with E-state index in [1.54, 1.807) is 6.33 Å². The summed E-state index contributed by atoms with van der Waals surface area (Å²) in [7, 11) is 0. The molecule has 1 aliphatic rings. The van der Waals surface area contributed by atoms with Crippen molar-refractivity contribution in [1.82, 2.24) is 20.3 Å². The summed E-state index contributed by atoms with van der Waals surface area (Å²) in [6, 6.07) is 16.6. The van der Waals surface area contributed by atoms with Crippen LogP contribution in [-0.2, 0) is 6.42 Å². The van der Waals surface area contributed by atoms with E-state index in [1.165, 1.54) is 16.7 Å². The van der Waals surface area contributed by atoms with Gasteiger partial charge in [0.05, 0.1) is 6.04 Å². The molecule has 120 valence electrons. The molecule has 0 saturated heterocycles. The lowest BCUT2D eigenvalue weighted by Crippen LogP contribution is -2.32. The lowest BCUT2D eigenvalue weighted by Gasteiger charge is -2.25. The number of hydrogen-bond donors (Lipinski definition) is 2. The number of nitrogens with zero attached hydrogens (tertiary/aromatic N) is 3. The molecule has 0 bridgehead atoms. The summed E-state index contributed by atoms with van der Waals surface area (Å²) < 4.78 is 0. The van der Waals surface area contributed by atoms with E-state index < -0.39 is 0 Å². The number of aromatic nitrogens is 3. The molecule has 0 amide bonds. The number of rotatable bonds is 3. The van der Waals surface area contributed by atoms with Crippen LogP contribution in [0.4, 0.5) is 11.6 Å². The highest BCUT2D eigenvalue weighted by atomic mass is 15.2. The number of nitrogens with one attached hydrogen (secondary N) is 2. The summed E-state index contributed by atoms with van der Waals surface area (Å²) in [5.74, 6) is 1.31. The lowest BCUT2D eigenvalue weighted by atomic mass is 9.94. The molecular weight excluding hydrogens is 298 g/mol. The zero-order chi connectivity index (χ0) is 16.4. The highest BCUT2D eigenvalue weighted by Gasteiger charge is 2.23. The van der Waals surface area contributed by atoms with Gasteiger partial charge in [0.25, 0.3) is 0 Å². The van der Waals surface area contributed by atoms with Gasteiger partial charge in [-0.05, 0) is 42.2 Å². The average molecular weight is 317 g/mol. The molecule has 1 unspecified atom stereocenters. The van der Waals surface area contributed by atoms with E-state index in [9.17, 15) is 0 Å². The van der Waals surface area contributed by atoms with Crippen LogP contribution in [0.15, 0.2) is 54.9 Å². The van der Waals surface area contributed by atoms with Crippen LogP contribution < -0.4 is 10.6 Å². The molecule has 2 heterocycles. The fourth-order valence-electron chi connectivity index (χ4n) is 3.10. The third kappa shape index (κ3) is 2.98. The second-order valence-electron chi connectivity index (χ2n) is 6.00. The number of hydrogen-bond acceptors (Lipinski definition) is 5. The van der Waals surface area contributed by atoms with Gasteiger partial charge in [-0.1, -0.05) is 36.4 Å². The van der Waals surface area contributed by atoms with Crippen molar-refractivity contribution in [3.05, 3.63) is 77.4 Å². The largest absolute Gasteiger partial charge is 0.324 e. The Kier molecular flexibility index (Phi) is 3.92. The zero-order valence-corrected chi connectivity index (χ0v) is 13.5. The van der Waals surface area contributed by atoms with Crippen molar-refractivity contribution in [3.8, 4) is 0 Å². The molecule has 1 aliphatic heterocycles. The maximum absolute atomic E-state index is 4.62. The first-order valence-corrected chi connectivity index (χ1v) is 8.13. The maximum Gasteiger partial charge on any atom is 0.230 e. The Balaban J connectivity index is 1.64. The third-order valence-corrected chi connectivity index (χ3v) is 4.23. The van der Waals surface area contributed by atoms with Crippen LogP contribution in [0.2, 0.25) is 0 Å². The van der Waals surface area contributed by atoms with E-state index in [-0.39, 0.29) is 6.04 Å². The molecule has 0 fully saturated rings. The van der Waals surface area contributed by atoms with Crippen LogP contribution in [0.1, 0.15) is 28.6 Å². The Morgan fingerprint density at radius 3 is 2.92 bits per heavy atom. The van der Waals surface area contributed by atoms with E-state index in [0.717, 1.165) is 24.5 Å². The van der Waals surface area contributed by atoms with Gasteiger partial charge in [-0.3, -0.25) is 0 Å². The minimum absolute atomic E-state index is 0.0102. The maximum atomic E-state index is 4.62. The van der Waals surface area contributed by atoms with Gasteiger partial charge in [0, 0.05) is 12.2 Å². The summed E-state index contributed by atoms with van der Waals surface area (Å²) >= 11 is 0. The van der Waals surface area contributed by atoms with Crippen molar-refractivity contribution in [2.45, 2.75) is 19.4 Å². The summed E-state index contributed by atoms with van der Waals surface area (Å²) in [5.41, 5.74) is 4.77. The summed E-state index contributed by atoms with van der Waals surface area (Å²) in [6.07, 6.45) is 2.60. The Morgan fingerprint density at radius 2 is 2.00 bits per heavy atom. The van der Waals surface area contributed by atoms with Crippen molar-refractivity contribution in [2.24, 2.45) is 0 Å². The second kappa shape index (κ2) is 6.37. The zero-order valence-electron chi connectivity index (χ0n) is 13.5. The monoisotopic (exact) mass is 317 g/mol. The Bertz CT molecular complexity index is 862. The molecule has 4 rings (SSSR count). The normalized spacial score (nSPS) is 16.5. The van der Waals surface area contributed by atoms with Gasteiger partial charge in [0.15, 0.2) is 5.82 Å². The fraction of sp³-hybridized carbons (Fsp3) is 0.211. The van der Waals surface area contributed by atoms with E-state index in [0.29, 0.717) is 5.95 Å². The van der Waals surface area contributed by atoms with Crippen molar-refractivity contribution in [1.29, 1.82) is 0 Å².